The summed E-state index contributed by atoms with van der Waals surface area (Å²) in [6.07, 6.45) is 1.39. The highest BCUT2D eigenvalue weighted by molar-refractivity contribution is 7.89. The molecule has 0 fully saturated rings. The standard InChI is InChI=1S/C6H9N3O2S.2ClH/c7-3-5-1-2-6(9-4-5)12(8,10)11;;/h1-2,4H,3,7H2,(H2,8,10,11);2*1H. The zero-order valence-electron chi connectivity index (χ0n) is 7.08. The van der Waals surface area contributed by atoms with Gasteiger partial charge in [-0.05, 0) is 11.6 Å². The Kier molecular flexibility index (Phi) is 7.05. The lowest BCUT2D eigenvalue weighted by molar-refractivity contribution is 0.594. The summed E-state index contributed by atoms with van der Waals surface area (Å²) in [4.78, 5) is 3.63. The molecule has 8 heteroatoms. The predicted molar refractivity (Wildman–Crippen MR) is 58.0 cm³/mol. The summed E-state index contributed by atoms with van der Waals surface area (Å²) in [6.45, 7) is 0.331. The van der Waals surface area contributed by atoms with E-state index in [0.29, 0.717) is 6.54 Å². The van der Waals surface area contributed by atoms with Gasteiger partial charge in [0.1, 0.15) is 0 Å². The van der Waals surface area contributed by atoms with Crippen LogP contribution >= 0.6 is 24.8 Å². The predicted octanol–water partition coefficient (Wildman–Crippen LogP) is 0.0313. The minimum Gasteiger partial charge on any atom is -0.326 e. The topological polar surface area (TPSA) is 99.1 Å². The summed E-state index contributed by atoms with van der Waals surface area (Å²) in [7, 11) is -3.68. The van der Waals surface area contributed by atoms with E-state index in [1.54, 1.807) is 6.07 Å². The normalized spacial score (nSPS) is 9.86. The van der Waals surface area contributed by atoms with Crippen molar-refractivity contribution in [3.05, 3.63) is 23.9 Å². The van der Waals surface area contributed by atoms with Gasteiger partial charge in [-0.1, -0.05) is 6.07 Å². The number of hydrogen-bond acceptors (Lipinski definition) is 4. The molecule has 0 aliphatic carbocycles. The summed E-state index contributed by atoms with van der Waals surface area (Å²) >= 11 is 0. The summed E-state index contributed by atoms with van der Waals surface area (Å²) in [5.41, 5.74) is 6.05. The van der Waals surface area contributed by atoms with Gasteiger partial charge in [-0.15, -0.1) is 24.8 Å². The van der Waals surface area contributed by atoms with E-state index < -0.39 is 10.0 Å². The van der Waals surface area contributed by atoms with Gasteiger partial charge in [0.05, 0.1) is 0 Å². The first-order chi connectivity index (χ1) is 5.54. The van der Waals surface area contributed by atoms with Crippen molar-refractivity contribution in [3.63, 3.8) is 0 Å². The SMILES string of the molecule is Cl.Cl.NCc1ccc(S(N)(=O)=O)nc1. The molecule has 0 aliphatic rings. The molecule has 1 heterocycles. The van der Waals surface area contributed by atoms with Crippen LogP contribution in [0.15, 0.2) is 23.4 Å². The highest BCUT2D eigenvalue weighted by atomic mass is 35.5. The maximum atomic E-state index is 10.7. The molecular formula is C6H11Cl2N3O2S. The number of hydrogen-bond donors (Lipinski definition) is 2. The molecule has 1 aromatic rings. The third-order valence-corrected chi connectivity index (χ3v) is 2.15. The average molecular weight is 260 g/mol. The number of halogens is 2. The van der Waals surface area contributed by atoms with Gasteiger partial charge in [0.2, 0.25) is 0 Å². The van der Waals surface area contributed by atoms with E-state index >= 15 is 0 Å². The largest absolute Gasteiger partial charge is 0.326 e. The fourth-order valence-electron chi connectivity index (χ4n) is 0.700. The molecule has 0 bridgehead atoms. The fourth-order valence-corrected chi connectivity index (χ4v) is 1.16. The van der Waals surface area contributed by atoms with Gasteiger partial charge in [0.25, 0.3) is 10.0 Å². The quantitative estimate of drug-likeness (QED) is 0.783. The van der Waals surface area contributed by atoms with E-state index in [-0.39, 0.29) is 29.8 Å². The Hall–Kier alpha value is -0.400. The average Bonchev–Trinajstić information content (AvgIpc) is 2.03. The maximum absolute atomic E-state index is 10.7. The van der Waals surface area contributed by atoms with Crippen molar-refractivity contribution in [2.75, 3.05) is 0 Å². The van der Waals surface area contributed by atoms with Crippen LogP contribution in [0.2, 0.25) is 0 Å². The fraction of sp³-hybridized carbons (Fsp3) is 0.167. The van der Waals surface area contributed by atoms with Crippen LogP contribution in [0.4, 0.5) is 0 Å². The molecule has 0 unspecified atom stereocenters. The van der Waals surface area contributed by atoms with Crippen molar-refractivity contribution in [2.45, 2.75) is 11.6 Å². The van der Waals surface area contributed by atoms with Crippen molar-refractivity contribution < 1.29 is 8.42 Å². The van der Waals surface area contributed by atoms with E-state index in [1.807, 2.05) is 0 Å². The molecule has 1 aromatic heterocycles. The number of pyridine rings is 1. The minimum atomic E-state index is -3.68. The van der Waals surface area contributed by atoms with E-state index in [1.165, 1.54) is 12.3 Å². The van der Waals surface area contributed by atoms with Gasteiger partial charge in [0.15, 0.2) is 5.03 Å². The zero-order chi connectivity index (χ0) is 9.19. The van der Waals surface area contributed by atoms with Crippen molar-refractivity contribution in [1.29, 1.82) is 0 Å². The van der Waals surface area contributed by atoms with Gasteiger partial charge >= 0.3 is 0 Å². The number of nitrogens with zero attached hydrogens (tertiary/aromatic N) is 1. The summed E-state index contributed by atoms with van der Waals surface area (Å²) in [5.74, 6) is 0. The van der Waals surface area contributed by atoms with Crippen molar-refractivity contribution >= 4 is 34.8 Å². The Bertz CT molecular complexity index is 365. The second-order valence-electron chi connectivity index (χ2n) is 2.25. The minimum absolute atomic E-state index is 0. The maximum Gasteiger partial charge on any atom is 0.255 e. The second-order valence-corrected chi connectivity index (χ2v) is 3.76. The monoisotopic (exact) mass is 259 g/mol. The molecule has 1 rings (SSSR count). The molecule has 0 saturated heterocycles. The highest BCUT2D eigenvalue weighted by Gasteiger charge is 2.07. The van der Waals surface area contributed by atoms with Crippen molar-refractivity contribution in [3.8, 4) is 0 Å². The zero-order valence-corrected chi connectivity index (χ0v) is 9.53. The van der Waals surface area contributed by atoms with E-state index in [4.69, 9.17) is 10.9 Å². The first-order valence-electron chi connectivity index (χ1n) is 3.22. The van der Waals surface area contributed by atoms with Crippen LogP contribution in [0.3, 0.4) is 0 Å². The van der Waals surface area contributed by atoms with Crippen LogP contribution in [0.1, 0.15) is 5.56 Å². The molecule has 0 radical (unpaired) electrons. The van der Waals surface area contributed by atoms with Gasteiger partial charge in [0, 0.05) is 12.7 Å². The van der Waals surface area contributed by atoms with Crippen LogP contribution in [-0.2, 0) is 16.6 Å². The van der Waals surface area contributed by atoms with Crippen molar-refractivity contribution in [1.82, 2.24) is 4.98 Å². The summed E-state index contributed by atoms with van der Waals surface area (Å²) < 4.78 is 21.4. The molecule has 0 atom stereocenters. The van der Waals surface area contributed by atoms with Crippen LogP contribution in [0.5, 0.6) is 0 Å². The lowest BCUT2D eigenvalue weighted by Crippen LogP contribution is -2.14. The van der Waals surface area contributed by atoms with Crippen LogP contribution in [-0.4, -0.2) is 13.4 Å². The van der Waals surface area contributed by atoms with Gasteiger partial charge in [-0.3, -0.25) is 0 Å². The Morgan fingerprint density at radius 2 is 1.86 bits per heavy atom. The van der Waals surface area contributed by atoms with E-state index in [2.05, 4.69) is 4.98 Å². The molecule has 0 aromatic carbocycles. The number of nitrogens with two attached hydrogens (primary N) is 2. The van der Waals surface area contributed by atoms with E-state index in [9.17, 15) is 8.42 Å². The Labute approximate surface area is 94.8 Å². The molecule has 4 N–H and O–H groups in total. The highest BCUT2D eigenvalue weighted by Crippen LogP contribution is 2.03. The number of aromatic nitrogens is 1. The Morgan fingerprint density at radius 3 is 2.14 bits per heavy atom. The van der Waals surface area contributed by atoms with Crippen LogP contribution in [0, 0.1) is 0 Å². The summed E-state index contributed by atoms with van der Waals surface area (Å²) in [5, 5.41) is 4.69. The van der Waals surface area contributed by atoms with Gasteiger partial charge in [-0.2, -0.15) is 0 Å². The number of sulfonamides is 1. The Morgan fingerprint density at radius 1 is 1.29 bits per heavy atom. The number of primary sulfonamides is 1. The molecule has 14 heavy (non-hydrogen) atoms. The smallest absolute Gasteiger partial charge is 0.255 e. The van der Waals surface area contributed by atoms with Crippen LogP contribution < -0.4 is 10.9 Å². The second kappa shape index (κ2) is 6.15. The third-order valence-electron chi connectivity index (χ3n) is 1.32. The van der Waals surface area contributed by atoms with Crippen molar-refractivity contribution in [2.24, 2.45) is 10.9 Å². The summed E-state index contributed by atoms with van der Waals surface area (Å²) in [6, 6.07) is 2.91. The first kappa shape index (κ1) is 16.0. The van der Waals surface area contributed by atoms with Gasteiger partial charge in [-0.25, -0.2) is 18.5 Å². The molecule has 0 saturated carbocycles. The molecule has 0 aliphatic heterocycles. The molecule has 0 spiro atoms. The number of rotatable bonds is 2. The lowest BCUT2D eigenvalue weighted by atomic mass is 10.3. The van der Waals surface area contributed by atoms with Crippen LogP contribution in [0.25, 0.3) is 0 Å². The Balaban J connectivity index is 0. The molecular weight excluding hydrogens is 249 g/mol. The third kappa shape index (κ3) is 4.21. The van der Waals surface area contributed by atoms with E-state index in [0.717, 1.165) is 5.56 Å². The molecule has 5 nitrogen and oxygen atoms in total. The molecule has 0 amide bonds. The lowest BCUT2D eigenvalue weighted by Gasteiger charge is -1.97. The molecule has 82 valence electrons. The van der Waals surface area contributed by atoms with Gasteiger partial charge < -0.3 is 5.73 Å². The first-order valence-corrected chi connectivity index (χ1v) is 4.76.